The highest BCUT2D eigenvalue weighted by molar-refractivity contribution is 7.83. The van der Waals surface area contributed by atoms with Crippen molar-refractivity contribution < 1.29 is 0 Å². The summed E-state index contributed by atoms with van der Waals surface area (Å²) in [6.07, 6.45) is 5.55. The van der Waals surface area contributed by atoms with Gasteiger partial charge >= 0.3 is 0 Å². The van der Waals surface area contributed by atoms with Crippen molar-refractivity contribution in [2.45, 2.75) is 34.1 Å². The summed E-state index contributed by atoms with van der Waals surface area (Å²) in [4.78, 5) is 0. The monoisotopic (exact) mass is 184 g/mol. The fraction of sp³-hybridized carbons (Fsp3) is 0.636. The number of rotatable bonds is 4. The van der Waals surface area contributed by atoms with Crippen LogP contribution in [0.1, 0.15) is 34.1 Å². The van der Waals surface area contributed by atoms with Crippen LogP contribution in [0.15, 0.2) is 23.1 Å². The van der Waals surface area contributed by atoms with Crippen LogP contribution < -0.4 is 0 Å². The SMILES string of the molecule is CC(C)C/C=C(\C=C/S)C(C)C. The molecule has 0 atom stereocenters. The van der Waals surface area contributed by atoms with Crippen LogP contribution in [0.5, 0.6) is 0 Å². The normalized spacial score (nSPS) is 13.8. The molecule has 0 nitrogen and oxygen atoms in total. The van der Waals surface area contributed by atoms with E-state index in [2.05, 4.69) is 52.5 Å². The molecule has 0 N–H and O–H groups in total. The van der Waals surface area contributed by atoms with Crippen molar-refractivity contribution in [2.24, 2.45) is 11.8 Å². The van der Waals surface area contributed by atoms with Crippen LogP contribution in [0.3, 0.4) is 0 Å². The van der Waals surface area contributed by atoms with E-state index in [1.54, 1.807) is 0 Å². The van der Waals surface area contributed by atoms with Gasteiger partial charge in [0.25, 0.3) is 0 Å². The van der Waals surface area contributed by atoms with Gasteiger partial charge in [-0.25, -0.2) is 0 Å². The van der Waals surface area contributed by atoms with Gasteiger partial charge in [0.1, 0.15) is 0 Å². The Morgan fingerprint density at radius 3 is 2.17 bits per heavy atom. The molecule has 0 aromatic rings. The predicted molar refractivity (Wildman–Crippen MR) is 60.5 cm³/mol. The van der Waals surface area contributed by atoms with E-state index in [4.69, 9.17) is 0 Å². The van der Waals surface area contributed by atoms with Gasteiger partial charge in [-0.05, 0) is 29.2 Å². The standard InChI is InChI=1S/C11H20S/c1-9(2)5-6-11(7-8-12)10(3)4/h6-10,12H,5H2,1-4H3/b8-7-,11-6+. The molecule has 0 bridgehead atoms. The third-order valence-electron chi connectivity index (χ3n) is 1.76. The Hall–Kier alpha value is -0.170. The Kier molecular flexibility index (Phi) is 6.27. The van der Waals surface area contributed by atoms with Crippen molar-refractivity contribution in [3.63, 3.8) is 0 Å². The van der Waals surface area contributed by atoms with Gasteiger partial charge in [-0.1, -0.05) is 39.8 Å². The zero-order chi connectivity index (χ0) is 9.56. The Balaban J connectivity index is 4.19. The Morgan fingerprint density at radius 1 is 1.25 bits per heavy atom. The maximum Gasteiger partial charge on any atom is -0.0222 e. The van der Waals surface area contributed by atoms with Gasteiger partial charge < -0.3 is 0 Å². The topological polar surface area (TPSA) is 0 Å². The highest BCUT2D eigenvalue weighted by atomic mass is 32.1. The summed E-state index contributed by atoms with van der Waals surface area (Å²) in [5, 5.41) is 1.81. The maximum absolute atomic E-state index is 4.08. The molecule has 0 aromatic heterocycles. The summed E-state index contributed by atoms with van der Waals surface area (Å²) in [5.74, 6) is 1.35. The molecular weight excluding hydrogens is 164 g/mol. The molecule has 0 aliphatic carbocycles. The van der Waals surface area contributed by atoms with E-state index in [9.17, 15) is 0 Å². The second kappa shape index (κ2) is 6.36. The number of thiol groups is 1. The van der Waals surface area contributed by atoms with E-state index in [-0.39, 0.29) is 0 Å². The molecule has 1 heteroatoms. The van der Waals surface area contributed by atoms with Crippen molar-refractivity contribution in [1.82, 2.24) is 0 Å². The molecule has 0 aromatic carbocycles. The molecule has 0 saturated heterocycles. The lowest BCUT2D eigenvalue weighted by molar-refractivity contribution is 0.654. The van der Waals surface area contributed by atoms with Crippen LogP contribution in [0.4, 0.5) is 0 Å². The fourth-order valence-corrected chi connectivity index (χ4v) is 1.13. The first-order valence-electron chi connectivity index (χ1n) is 4.58. The van der Waals surface area contributed by atoms with Crippen molar-refractivity contribution >= 4 is 12.6 Å². The van der Waals surface area contributed by atoms with Gasteiger partial charge in [-0.3, -0.25) is 0 Å². The largest absolute Gasteiger partial charge is 0.151 e. The average Bonchev–Trinajstić information content (AvgIpc) is 1.96. The molecule has 0 aliphatic heterocycles. The first kappa shape index (κ1) is 11.8. The molecule has 0 amide bonds. The Labute approximate surface area is 82.2 Å². The van der Waals surface area contributed by atoms with E-state index < -0.39 is 0 Å². The zero-order valence-electron chi connectivity index (χ0n) is 8.54. The van der Waals surface area contributed by atoms with E-state index >= 15 is 0 Å². The number of hydrogen-bond donors (Lipinski definition) is 1. The Bertz CT molecular complexity index is 164. The average molecular weight is 184 g/mol. The lowest BCUT2D eigenvalue weighted by Gasteiger charge is -2.07. The first-order chi connectivity index (χ1) is 5.57. The smallest absolute Gasteiger partial charge is 0.0222 e. The van der Waals surface area contributed by atoms with Gasteiger partial charge in [0.15, 0.2) is 0 Å². The molecule has 0 unspecified atom stereocenters. The minimum Gasteiger partial charge on any atom is -0.151 e. The van der Waals surface area contributed by atoms with Crippen molar-refractivity contribution in [1.29, 1.82) is 0 Å². The highest BCUT2D eigenvalue weighted by Gasteiger charge is 1.98. The number of hydrogen-bond acceptors (Lipinski definition) is 1. The predicted octanol–water partition coefficient (Wildman–Crippen LogP) is 4.06. The van der Waals surface area contributed by atoms with Crippen LogP contribution in [0, 0.1) is 11.8 Å². The second-order valence-electron chi connectivity index (χ2n) is 3.80. The fourth-order valence-electron chi connectivity index (χ4n) is 0.954. The summed E-state index contributed by atoms with van der Waals surface area (Å²) in [7, 11) is 0. The van der Waals surface area contributed by atoms with Gasteiger partial charge in [0.05, 0.1) is 0 Å². The zero-order valence-corrected chi connectivity index (χ0v) is 9.44. The van der Waals surface area contributed by atoms with Crippen LogP contribution in [-0.2, 0) is 0 Å². The summed E-state index contributed by atoms with van der Waals surface area (Å²) in [6.45, 7) is 8.89. The molecule has 70 valence electrons. The Morgan fingerprint density at radius 2 is 1.83 bits per heavy atom. The minimum absolute atomic E-state index is 0.604. The third-order valence-corrected chi connectivity index (χ3v) is 1.91. The second-order valence-corrected chi connectivity index (χ2v) is 4.10. The third kappa shape index (κ3) is 5.48. The van der Waals surface area contributed by atoms with Gasteiger partial charge in [0, 0.05) is 0 Å². The van der Waals surface area contributed by atoms with Gasteiger partial charge in [-0.15, -0.1) is 0 Å². The molecule has 0 spiro atoms. The molecule has 0 radical (unpaired) electrons. The molecule has 0 fully saturated rings. The van der Waals surface area contributed by atoms with Gasteiger partial charge in [-0.2, -0.15) is 12.6 Å². The first-order valence-corrected chi connectivity index (χ1v) is 5.10. The van der Waals surface area contributed by atoms with E-state index in [1.807, 2.05) is 5.41 Å². The van der Waals surface area contributed by atoms with Crippen molar-refractivity contribution in [3.05, 3.63) is 23.1 Å². The lowest BCUT2D eigenvalue weighted by atomic mass is 10.00. The highest BCUT2D eigenvalue weighted by Crippen LogP contribution is 2.14. The summed E-state index contributed by atoms with van der Waals surface area (Å²) in [5.41, 5.74) is 1.39. The summed E-state index contributed by atoms with van der Waals surface area (Å²) < 4.78 is 0. The van der Waals surface area contributed by atoms with Crippen molar-refractivity contribution in [2.75, 3.05) is 0 Å². The van der Waals surface area contributed by atoms with Crippen LogP contribution in [0.25, 0.3) is 0 Å². The van der Waals surface area contributed by atoms with E-state index in [0.717, 1.165) is 12.3 Å². The van der Waals surface area contributed by atoms with E-state index in [1.165, 1.54) is 5.57 Å². The lowest BCUT2D eigenvalue weighted by Crippen LogP contribution is -1.92. The van der Waals surface area contributed by atoms with Crippen LogP contribution in [0.2, 0.25) is 0 Å². The van der Waals surface area contributed by atoms with Gasteiger partial charge in [0.2, 0.25) is 0 Å². The summed E-state index contributed by atoms with van der Waals surface area (Å²) >= 11 is 4.08. The molecular formula is C11H20S. The number of allylic oxidation sites excluding steroid dienone is 3. The molecule has 12 heavy (non-hydrogen) atoms. The van der Waals surface area contributed by atoms with E-state index in [0.29, 0.717) is 5.92 Å². The van der Waals surface area contributed by atoms with Crippen molar-refractivity contribution in [3.8, 4) is 0 Å². The molecule has 0 heterocycles. The minimum atomic E-state index is 0.604. The molecule has 0 rings (SSSR count). The van der Waals surface area contributed by atoms with Crippen LogP contribution >= 0.6 is 12.6 Å². The van der Waals surface area contributed by atoms with Crippen LogP contribution in [-0.4, -0.2) is 0 Å². The quantitative estimate of drug-likeness (QED) is 0.494. The molecule has 0 aliphatic rings. The maximum atomic E-state index is 4.08. The summed E-state index contributed by atoms with van der Waals surface area (Å²) in [6, 6.07) is 0. The molecule has 0 saturated carbocycles.